The zero-order valence-corrected chi connectivity index (χ0v) is 17.5. The number of carbonyl (C=O) groups is 1. The van der Waals surface area contributed by atoms with Gasteiger partial charge in [-0.25, -0.2) is 12.8 Å². The number of hydrogen-bond acceptors (Lipinski definition) is 3. The van der Waals surface area contributed by atoms with E-state index < -0.39 is 15.8 Å². The van der Waals surface area contributed by atoms with Gasteiger partial charge in [0.2, 0.25) is 15.9 Å². The van der Waals surface area contributed by atoms with Crippen molar-refractivity contribution in [1.82, 2.24) is 0 Å². The van der Waals surface area contributed by atoms with E-state index in [-0.39, 0.29) is 34.5 Å². The molecule has 0 spiro atoms. The summed E-state index contributed by atoms with van der Waals surface area (Å²) >= 11 is 11.9. The molecule has 2 aromatic rings. The number of sulfonamides is 1. The van der Waals surface area contributed by atoms with Crippen molar-refractivity contribution >= 4 is 50.5 Å². The number of rotatable bonds is 6. The highest BCUT2D eigenvalue weighted by Crippen LogP contribution is 2.34. The lowest BCUT2D eigenvalue weighted by molar-refractivity contribution is -0.118. The van der Waals surface area contributed by atoms with E-state index in [9.17, 15) is 17.6 Å². The number of carbonyl (C=O) groups excluding carboxylic acids is 1. The average molecular weight is 445 g/mol. The average Bonchev–Trinajstić information content (AvgIpc) is 2.59. The molecule has 1 aliphatic heterocycles. The maximum atomic E-state index is 14.7. The maximum Gasteiger partial charge on any atom is 0.236 e. The summed E-state index contributed by atoms with van der Waals surface area (Å²) in [4.78, 5) is 13.5. The van der Waals surface area contributed by atoms with Crippen molar-refractivity contribution in [2.24, 2.45) is 0 Å². The highest BCUT2D eigenvalue weighted by Gasteiger charge is 2.27. The highest BCUT2D eigenvalue weighted by molar-refractivity contribution is 7.91. The van der Waals surface area contributed by atoms with Gasteiger partial charge in [0.05, 0.1) is 17.1 Å². The number of fused-ring (bicyclic) bond motifs is 1. The monoisotopic (exact) mass is 444 g/mol. The third-order valence-corrected chi connectivity index (χ3v) is 6.23. The van der Waals surface area contributed by atoms with Crippen molar-refractivity contribution in [1.29, 1.82) is 0 Å². The Morgan fingerprint density at radius 1 is 1.18 bits per heavy atom. The molecule has 0 saturated carbocycles. The Labute approximate surface area is 173 Å². The molecule has 0 fully saturated rings. The SMILES string of the molecule is CCCN1C(=O)CCc2cc(NS(=O)(=O)Cc3ccc(Cl)cc3Cl)cc(F)c21. The third kappa shape index (κ3) is 4.59. The minimum absolute atomic E-state index is 0.118. The summed E-state index contributed by atoms with van der Waals surface area (Å²) in [7, 11) is -3.83. The van der Waals surface area contributed by atoms with Crippen LogP contribution in [0.2, 0.25) is 10.0 Å². The summed E-state index contributed by atoms with van der Waals surface area (Å²) in [6, 6.07) is 7.23. The Morgan fingerprint density at radius 3 is 2.61 bits per heavy atom. The van der Waals surface area contributed by atoms with Crippen molar-refractivity contribution < 1.29 is 17.6 Å². The molecule has 1 N–H and O–H groups in total. The number of halogens is 3. The standard InChI is InChI=1S/C19H19Cl2FN2O3S/c1-2-7-24-18(25)6-4-12-8-15(10-17(22)19(12)24)23-28(26,27)11-13-3-5-14(20)9-16(13)21/h3,5,8-10,23H,2,4,6-7,11H2,1H3. The van der Waals surface area contributed by atoms with Crippen LogP contribution in [0, 0.1) is 5.82 Å². The molecule has 0 saturated heterocycles. The van der Waals surface area contributed by atoms with Gasteiger partial charge >= 0.3 is 0 Å². The predicted octanol–water partition coefficient (Wildman–Crippen LogP) is 4.76. The molecule has 1 aliphatic rings. The lowest BCUT2D eigenvalue weighted by atomic mass is 10.00. The van der Waals surface area contributed by atoms with Gasteiger partial charge in [0, 0.05) is 29.1 Å². The molecule has 28 heavy (non-hydrogen) atoms. The lowest BCUT2D eigenvalue weighted by Crippen LogP contribution is -2.36. The van der Waals surface area contributed by atoms with Crippen LogP contribution in [0.4, 0.5) is 15.8 Å². The first kappa shape index (κ1) is 20.9. The predicted molar refractivity (Wildman–Crippen MR) is 110 cm³/mol. The van der Waals surface area contributed by atoms with Crippen LogP contribution < -0.4 is 9.62 Å². The molecule has 0 bridgehead atoms. The van der Waals surface area contributed by atoms with Crippen molar-refractivity contribution in [3.63, 3.8) is 0 Å². The van der Waals surface area contributed by atoms with Gasteiger partial charge < -0.3 is 4.90 Å². The third-order valence-electron chi connectivity index (χ3n) is 4.40. The number of nitrogens with zero attached hydrogens (tertiary/aromatic N) is 1. The van der Waals surface area contributed by atoms with E-state index in [0.29, 0.717) is 35.5 Å². The van der Waals surface area contributed by atoms with Crippen molar-refractivity contribution in [2.75, 3.05) is 16.2 Å². The molecule has 2 aromatic carbocycles. The van der Waals surface area contributed by atoms with Crippen molar-refractivity contribution in [3.05, 3.63) is 57.3 Å². The molecule has 0 radical (unpaired) electrons. The van der Waals surface area contributed by atoms with Crippen LogP contribution >= 0.6 is 23.2 Å². The van der Waals surface area contributed by atoms with Crippen LogP contribution in [-0.4, -0.2) is 20.9 Å². The van der Waals surface area contributed by atoms with E-state index in [1.54, 1.807) is 12.1 Å². The molecule has 1 amide bonds. The number of aryl methyl sites for hydroxylation is 1. The van der Waals surface area contributed by atoms with Gasteiger partial charge in [0.1, 0.15) is 5.82 Å². The molecule has 3 rings (SSSR count). The van der Waals surface area contributed by atoms with Gasteiger partial charge in [0.25, 0.3) is 0 Å². The Morgan fingerprint density at radius 2 is 1.93 bits per heavy atom. The number of benzene rings is 2. The van der Waals surface area contributed by atoms with Gasteiger partial charge in [-0.05, 0) is 42.2 Å². The second-order valence-corrected chi connectivity index (χ2v) is 9.17. The summed E-state index contributed by atoms with van der Waals surface area (Å²) < 4.78 is 42.1. The highest BCUT2D eigenvalue weighted by atomic mass is 35.5. The summed E-state index contributed by atoms with van der Waals surface area (Å²) in [5.41, 5.74) is 1.35. The second kappa shape index (κ2) is 8.27. The maximum absolute atomic E-state index is 14.7. The van der Waals surface area contributed by atoms with Gasteiger partial charge in [-0.1, -0.05) is 36.2 Å². The molecule has 0 unspecified atom stereocenters. The second-order valence-electron chi connectivity index (χ2n) is 6.61. The number of nitrogens with one attached hydrogen (secondary N) is 1. The first-order valence-electron chi connectivity index (χ1n) is 8.77. The molecule has 150 valence electrons. The summed E-state index contributed by atoms with van der Waals surface area (Å²) in [6.45, 7) is 2.33. The van der Waals surface area contributed by atoms with E-state index >= 15 is 0 Å². The van der Waals surface area contributed by atoms with Crippen LogP contribution in [0.5, 0.6) is 0 Å². The zero-order chi connectivity index (χ0) is 20.5. The van der Waals surface area contributed by atoms with Crippen LogP contribution in [0.15, 0.2) is 30.3 Å². The molecule has 1 heterocycles. The van der Waals surface area contributed by atoms with Crippen LogP contribution in [0.1, 0.15) is 30.9 Å². The van der Waals surface area contributed by atoms with E-state index in [4.69, 9.17) is 23.2 Å². The van der Waals surface area contributed by atoms with Crippen molar-refractivity contribution in [2.45, 2.75) is 31.9 Å². The fourth-order valence-corrected chi connectivity index (χ4v) is 4.99. The normalized spacial score (nSPS) is 14.1. The summed E-state index contributed by atoms with van der Waals surface area (Å²) in [6.07, 6.45) is 1.33. The molecule has 9 heteroatoms. The molecule has 5 nitrogen and oxygen atoms in total. The lowest BCUT2D eigenvalue weighted by Gasteiger charge is -2.30. The fourth-order valence-electron chi connectivity index (χ4n) is 3.23. The van der Waals surface area contributed by atoms with E-state index in [1.165, 1.54) is 17.0 Å². The van der Waals surface area contributed by atoms with E-state index in [0.717, 1.165) is 6.07 Å². The Hall–Kier alpha value is -1.83. The number of hydrogen-bond donors (Lipinski definition) is 1. The number of anilines is 2. The van der Waals surface area contributed by atoms with Gasteiger partial charge in [-0.15, -0.1) is 0 Å². The quantitative estimate of drug-likeness (QED) is 0.697. The summed E-state index contributed by atoms with van der Waals surface area (Å²) in [5.74, 6) is -1.12. The minimum Gasteiger partial charge on any atom is -0.309 e. The molecular weight excluding hydrogens is 426 g/mol. The van der Waals surface area contributed by atoms with Crippen LogP contribution in [0.3, 0.4) is 0 Å². The van der Waals surface area contributed by atoms with Gasteiger partial charge in [-0.2, -0.15) is 0 Å². The minimum atomic E-state index is -3.83. The van der Waals surface area contributed by atoms with Crippen LogP contribution in [-0.2, 0) is 27.0 Å². The molecule has 0 aliphatic carbocycles. The number of amides is 1. The Balaban J connectivity index is 1.86. The Bertz CT molecular complexity index is 1030. The largest absolute Gasteiger partial charge is 0.309 e. The molecular formula is C19H19Cl2FN2O3S. The first-order chi connectivity index (χ1) is 13.2. The zero-order valence-electron chi connectivity index (χ0n) is 15.1. The van der Waals surface area contributed by atoms with E-state index in [1.807, 2.05) is 6.92 Å². The first-order valence-corrected chi connectivity index (χ1v) is 11.2. The van der Waals surface area contributed by atoms with E-state index in [2.05, 4.69) is 4.72 Å². The topological polar surface area (TPSA) is 66.5 Å². The smallest absolute Gasteiger partial charge is 0.236 e. The fraction of sp³-hybridized carbons (Fsp3) is 0.316. The van der Waals surface area contributed by atoms with Gasteiger partial charge in [0.15, 0.2) is 0 Å². The summed E-state index contributed by atoms with van der Waals surface area (Å²) in [5, 5.41) is 0.644. The van der Waals surface area contributed by atoms with Crippen molar-refractivity contribution in [3.8, 4) is 0 Å². The molecule has 0 atom stereocenters. The Kier molecular flexibility index (Phi) is 6.17. The van der Waals surface area contributed by atoms with Crippen LogP contribution in [0.25, 0.3) is 0 Å². The van der Waals surface area contributed by atoms with Gasteiger partial charge in [-0.3, -0.25) is 9.52 Å². The molecule has 0 aromatic heterocycles.